The van der Waals surface area contributed by atoms with Crippen LogP contribution in [0.4, 0.5) is 0 Å². The monoisotopic (exact) mass is 320 g/mol. The van der Waals surface area contributed by atoms with E-state index >= 15 is 0 Å². The van der Waals surface area contributed by atoms with Crippen molar-refractivity contribution in [3.8, 4) is 11.5 Å². The van der Waals surface area contributed by atoms with Crippen LogP contribution < -0.4 is 4.74 Å². The van der Waals surface area contributed by atoms with Crippen molar-refractivity contribution in [1.82, 2.24) is 0 Å². The lowest BCUT2D eigenvalue weighted by atomic mass is 10.2. The van der Waals surface area contributed by atoms with Gasteiger partial charge in [0.25, 0.3) is 0 Å². The largest absolute Gasteiger partial charge is 0.455 e. The highest BCUT2D eigenvalue weighted by atomic mass is 35.5. The lowest BCUT2D eigenvalue weighted by Gasteiger charge is -2.11. The van der Waals surface area contributed by atoms with Crippen LogP contribution in [0, 0.1) is 0 Å². The van der Waals surface area contributed by atoms with Crippen molar-refractivity contribution in [2.24, 2.45) is 0 Å². The Labute approximate surface area is 125 Å². The number of halogens is 4. The summed E-state index contributed by atoms with van der Waals surface area (Å²) in [5.74, 6) is 1.37. The maximum atomic E-state index is 6.06. The second-order valence-corrected chi connectivity index (χ2v) is 5.03. The summed E-state index contributed by atoms with van der Waals surface area (Å²) in [4.78, 5) is 0. The Hall–Kier alpha value is -0.600. The molecule has 5 heteroatoms. The molecule has 1 nitrogen and oxygen atoms in total. The Morgan fingerprint density at radius 3 is 2.44 bits per heavy atom. The molecule has 0 unspecified atom stereocenters. The first-order valence-electron chi connectivity index (χ1n) is 5.08. The number of benzene rings is 2. The van der Waals surface area contributed by atoms with E-state index in [1.165, 1.54) is 0 Å². The molecule has 2 aromatic rings. The molecule has 0 aromatic heterocycles. The fourth-order valence-electron chi connectivity index (χ4n) is 1.42. The van der Waals surface area contributed by atoms with Gasteiger partial charge in [0.1, 0.15) is 16.5 Å². The summed E-state index contributed by atoms with van der Waals surface area (Å²) in [5, 5.41) is 1.36. The number of hydrogen-bond acceptors (Lipinski definition) is 1. The van der Waals surface area contributed by atoms with Crippen LogP contribution in [0.1, 0.15) is 5.56 Å². The standard InChI is InChI=1S/C13H8Cl4O/c14-7-8-4-5-9(15)6-12(8)18-11-3-1-2-10(16)13(11)17/h1-6H,7H2. The van der Waals surface area contributed by atoms with Crippen molar-refractivity contribution in [2.75, 3.05) is 0 Å². The number of alkyl halides is 1. The summed E-state index contributed by atoms with van der Waals surface area (Å²) in [6, 6.07) is 10.4. The van der Waals surface area contributed by atoms with Gasteiger partial charge in [-0.1, -0.05) is 46.9 Å². The van der Waals surface area contributed by atoms with Crippen LogP contribution in [0.25, 0.3) is 0 Å². The first kappa shape index (κ1) is 13.8. The number of ether oxygens (including phenoxy) is 1. The Morgan fingerprint density at radius 1 is 0.944 bits per heavy atom. The minimum absolute atomic E-state index is 0.324. The minimum atomic E-state index is 0.324. The Bertz CT molecular complexity index is 569. The van der Waals surface area contributed by atoms with Gasteiger partial charge in [-0.05, 0) is 24.3 Å². The lowest BCUT2D eigenvalue weighted by molar-refractivity contribution is 0.478. The van der Waals surface area contributed by atoms with Gasteiger partial charge < -0.3 is 4.74 Å². The van der Waals surface area contributed by atoms with Crippen LogP contribution >= 0.6 is 46.4 Å². The molecule has 94 valence electrons. The molecule has 0 atom stereocenters. The van der Waals surface area contributed by atoms with E-state index in [0.717, 1.165) is 5.56 Å². The van der Waals surface area contributed by atoms with Crippen LogP contribution in [0.3, 0.4) is 0 Å². The molecule has 0 amide bonds. The van der Waals surface area contributed by atoms with E-state index in [1.807, 2.05) is 6.07 Å². The van der Waals surface area contributed by atoms with Crippen LogP contribution in [-0.2, 0) is 5.88 Å². The molecule has 0 saturated carbocycles. The Morgan fingerprint density at radius 2 is 1.72 bits per heavy atom. The molecule has 0 aliphatic carbocycles. The second kappa shape index (κ2) is 6.03. The molecule has 18 heavy (non-hydrogen) atoms. The fourth-order valence-corrected chi connectivity index (χ4v) is 2.13. The highest BCUT2D eigenvalue weighted by Crippen LogP contribution is 2.36. The molecule has 0 bridgehead atoms. The van der Waals surface area contributed by atoms with E-state index in [1.54, 1.807) is 30.3 Å². The SMILES string of the molecule is ClCc1ccc(Cl)cc1Oc1cccc(Cl)c1Cl. The highest BCUT2D eigenvalue weighted by Gasteiger charge is 2.10. The topological polar surface area (TPSA) is 9.23 Å². The lowest BCUT2D eigenvalue weighted by Crippen LogP contribution is -1.90. The van der Waals surface area contributed by atoms with Gasteiger partial charge in [-0.3, -0.25) is 0 Å². The van der Waals surface area contributed by atoms with Crippen LogP contribution in [0.2, 0.25) is 15.1 Å². The molecule has 0 spiro atoms. The van der Waals surface area contributed by atoms with Gasteiger partial charge in [0.15, 0.2) is 0 Å². The van der Waals surface area contributed by atoms with Gasteiger partial charge >= 0.3 is 0 Å². The molecule has 0 radical (unpaired) electrons. The summed E-state index contributed by atoms with van der Waals surface area (Å²) in [6.07, 6.45) is 0. The summed E-state index contributed by atoms with van der Waals surface area (Å²) in [5.41, 5.74) is 0.831. The molecule has 0 aliphatic heterocycles. The van der Waals surface area contributed by atoms with Crippen molar-refractivity contribution >= 4 is 46.4 Å². The molecule has 2 rings (SSSR count). The Kier molecular flexibility index (Phi) is 4.63. The first-order valence-corrected chi connectivity index (χ1v) is 6.75. The summed E-state index contributed by atoms with van der Waals surface area (Å²) in [6.45, 7) is 0. The average Bonchev–Trinajstić information content (AvgIpc) is 2.35. The highest BCUT2D eigenvalue weighted by molar-refractivity contribution is 6.42. The van der Waals surface area contributed by atoms with E-state index in [4.69, 9.17) is 51.1 Å². The van der Waals surface area contributed by atoms with Crippen LogP contribution in [-0.4, -0.2) is 0 Å². The predicted octanol–water partition coefficient (Wildman–Crippen LogP) is 6.18. The van der Waals surface area contributed by atoms with Gasteiger partial charge in [0, 0.05) is 10.6 Å². The number of hydrogen-bond donors (Lipinski definition) is 0. The molecule has 0 saturated heterocycles. The smallest absolute Gasteiger partial charge is 0.147 e. The molecule has 0 heterocycles. The fraction of sp³-hybridized carbons (Fsp3) is 0.0769. The van der Waals surface area contributed by atoms with Crippen molar-refractivity contribution in [1.29, 1.82) is 0 Å². The minimum Gasteiger partial charge on any atom is -0.455 e. The molecule has 0 fully saturated rings. The van der Waals surface area contributed by atoms with Gasteiger partial charge in [0.05, 0.1) is 10.9 Å². The van der Waals surface area contributed by atoms with Gasteiger partial charge in [-0.15, -0.1) is 11.6 Å². The van der Waals surface area contributed by atoms with E-state index in [0.29, 0.717) is 32.4 Å². The molecule has 0 N–H and O–H groups in total. The van der Waals surface area contributed by atoms with Gasteiger partial charge in [0.2, 0.25) is 0 Å². The first-order chi connectivity index (χ1) is 8.61. The van der Waals surface area contributed by atoms with Gasteiger partial charge in [-0.2, -0.15) is 0 Å². The average molecular weight is 322 g/mol. The van der Waals surface area contributed by atoms with Gasteiger partial charge in [-0.25, -0.2) is 0 Å². The normalized spacial score (nSPS) is 10.4. The van der Waals surface area contributed by atoms with E-state index < -0.39 is 0 Å². The van der Waals surface area contributed by atoms with E-state index in [9.17, 15) is 0 Å². The maximum absolute atomic E-state index is 6.06. The van der Waals surface area contributed by atoms with Crippen molar-refractivity contribution in [3.63, 3.8) is 0 Å². The molecule has 2 aromatic carbocycles. The second-order valence-electron chi connectivity index (χ2n) is 3.54. The number of rotatable bonds is 3. The van der Waals surface area contributed by atoms with Crippen molar-refractivity contribution < 1.29 is 4.74 Å². The molecular formula is C13H8Cl4O. The summed E-state index contributed by atoms with van der Waals surface area (Å²) >= 11 is 23.7. The predicted molar refractivity (Wildman–Crippen MR) is 77.5 cm³/mol. The van der Waals surface area contributed by atoms with Crippen molar-refractivity contribution in [3.05, 3.63) is 57.0 Å². The van der Waals surface area contributed by atoms with E-state index in [2.05, 4.69) is 0 Å². The third-order valence-corrected chi connectivity index (χ3v) is 3.63. The third kappa shape index (κ3) is 3.04. The maximum Gasteiger partial charge on any atom is 0.147 e. The zero-order valence-corrected chi connectivity index (χ0v) is 12.1. The Balaban J connectivity index is 2.39. The molecular weight excluding hydrogens is 314 g/mol. The van der Waals surface area contributed by atoms with Crippen molar-refractivity contribution in [2.45, 2.75) is 5.88 Å². The zero-order valence-electron chi connectivity index (χ0n) is 9.09. The van der Waals surface area contributed by atoms with E-state index in [-0.39, 0.29) is 0 Å². The zero-order chi connectivity index (χ0) is 13.1. The van der Waals surface area contributed by atoms with Crippen LogP contribution in [0.15, 0.2) is 36.4 Å². The van der Waals surface area contributed by atoms with Crippen LogP contribution in [0.5, 0.6) is 11.5 Å². The molecule has 0 aliphatic rings. The summed E-state index contributed by atoms with van der Waals surface area (Å²) in [7, 11) is 0. The summed E-state index contributed by atoms with van der Waals surface area (Å²) < 4.78 is 5.71. The quantitative estimate of drug-likeness (QED) is 0.613. The third-order valence-electron chi connectivity index (χ3n) is 2.31.